The zero-order chi connectivity index (χ0) is 22.4. The van der Waals surface area contributed by atoms with Gasteiger partial charge < -0.3 is 10.1 Å². The Balaban J connectivity index is 1.56. The number of hydrogen-bond donors (Lipinski definition) is 2. The first-order chi connectivity index (χ1) is 14.7. The minimum absolute atomic E-state index is 0.196. The average molecular weight is 486 g/mol. The average Bonchev–Trinajstić information content (AvgIpc) is 2.72. The molecular formula is C19H12Cl2F3N5OS. The summed E-state index contributed by atoms with van der Waals surface area (Å²) in [5.74, 6) is 0.261. The molecule has 0 aliphatic rings. The number of hydrogen-bond acceptors (Lipinski definition) is 5. The number of thiocarbonyl (C=S) groups is 1. The SMILES string of the molecule is FC(F)(F)c1ccnc(Oc2ccc(/C=N\NC(=S)Nc3cc(Cl)ccc3Cl)cc2)n1. The smallest absolute Gasteiger partial charge is 0.424 e. The van der Waals surface area contributed by atoms with Crippen molar-refractivity contribution >= 4 is 52.4 Å². The van der Waals surface area contributed by atoms with Crippen molar-refractivity contribution in [2.75, 3.05) is 5.32 Å². The van der Waals surface area contributed by atoms with Crippen molar-refractivity contribution in [3.05, 3.63) is 76.0 Å². The molecule has 6 nitrogen and oxygen atoms in total. The maximum atomic E-state index is 12.7. The van der Waals surface area contributed by atoms with E-state index < -0.39 is 17.9 Å². The first kappa shape index (κ1) is 22.7. The Morgan fingerprint density at radius 3 is 2.55 bits per heavy atom. The van der Waals surface area contributed by atoms with Gasteiger partial charge in [-0.1, -0.05) is 23.2 Å². The third kappa shape index (κ3) is 6.78. The quantitative estimate of drug-likeness (QED) is 0.265. The van der Waals surface area contributed by atoms with Crippen molar-refractivity contribution < 1.29 is 17.9 Å². The highest BCUT2D eigenvalue weighted by Crippen LogP contribution is 2.29. The number of aromatic nitrogens is 2. The minimum Gasteiger partial charge on any atom is -0.424 e. The predicted octanol–water partition coefficient (Wildman–Crippen LogP) is 5.92. The number of benzene rings is 2. The standard InChI is InChI=1S/C19H12Cl2F3N5OS/c20-12-3-6-14(21)15(9-12)27-18(31)29-26-10-11-1-4-13(5-2-11)30-17-25-8-7-16(28-17)19(22,23)24/h1-10H,(H2,27,29,31)/b26-10-. The molecule has 3 rings (SSSR count). The molecule has 0 aliphatic heterocycles. The number of anilines is 1. The van der Waals surface area contributed by atoms with Gasteiger partial charge in [0.1, 0.15) is 5.75 Å². The van der Waals surface area contributed by atoms with Gasteiger partial charge in [0.05, 0.1) is 16.9 Å². The number of rotatable bonds is 5. The van der Waals surface area contributed by atoms with Gasteiger partial charge in [0.15, 0.2) is 10.8 Å². The van der Waals surface area contributed by atoms with Crippen molar-refractivity contribution in [2.45, 2.75) is 6.18 Å². The van der Waals surface area contributed by atoms with Crippen LogP contribution < -0.4 is 15.5 Å². The molecule has 0 atom stereocenters. The first-order valence-electron chi connectivity index (χ1n) is 8.44. The van der Waals surface area contributed by atoms with Crippen LogP contribution in [0.4, 0.5) is 18.9 Å². The molecule has 0 fully saturated rings. The van der Waals surface area contributed by atoms with Crippen LogP contribution in [0, 0.1) is 0 Å². The van der Waals surface area contributed by atoms with E-state index in [2.05, 4.69) is 25.8 Å². The van der Waals surface area contributed by atoms with Crippen LogP contribution in [0.25, 0.3) is 0 Å². The maximum absolute atomic E-state index is 12.7. The topological polar surface area (TPSA) is 71.4 Å². The van der Waals surface area contributed by atoms with Crippen LogP contribution in [0.3, 0.4) is 0 Å². The lowest BCUT2D eigenvalue weighted by atomic mass is 10.2. The van der Waals surface area contributed by atoms with E-state index >= 15 is 0 Å². The minimum atomic E-state index is -4.58. The van der Waals surface area contributed by atoms with Crippen LogP contribution in [-0.2, 0) is 6.18 Å². The van der Waals surface area contributed by atoms with E-state index in [-0.39, 0.29) is 10.9 Å². The fourth-order valence-corrected chi connectivity index (χ4v) is 2.68. The highest BCUT2D eigenvalue weighted by molar-refractivity contribution is 7.80. The van der Waals surface area contributed by atoms with Crippen molar-refractivity contribution in [2.24, 2.45) is 5.10 Å². The molecule has 2 aromatic carbocycles. The summed E-state index contributed by atoms with van der Waals surface area (Å²) < 4.78 is 43.4. The zero-order valence-corrected chi connectivity index (χ0v) is 17.6. The summed E-state index contributed by atoms with van der Waals surface area (Å²) in [4.78, 5) is 7.02. The zero-order valence-electron chi connectivity index (χ0n) is 15.3. The molecule has 3 aromatic rings. The Bertz CT molecular complexity index is 1110. The van der Waals surface area contributed by atoms with Gasteiger partial charge in [0.2, 0.25) is 0 Å². The summed E-state index contributed by atoms with van der Waals surface area (Å²) >= 11 is 17.1. The van der Waals surface area contributed by atoms with Gasteiger partial charge in [-0.15, -0.1) is 0 Å². The predicted molar refractivity (Wildman–Crippen MR) is 117 cm³/mol. The van der Waals surface area contributed by atoms with Gasteiger partial charge in [-0.25, -0.2) is 4.98 Å². The Morgan fingerprint density at radius 1 is 1.10 bits per heavy atom. The summed E-state index contributed by atoms with van der Waals surface area (Å²) in [7, 11) is 0. The number of alkyl halides is 3. The second-order valence-corrected chi connectivity index (χ2v) is 7.09. The molecule has 12 heteroatoms. The molecule has 160 valence electrons. The Hall–Kier alpha value is -2.95. The molecule has 0 spiro atoms. The van der Waals surface area contributed by atoms with Crippen LogP contribution in [0.15, 0.2) is 59.8 Å². The third-order valence-corrected chi connectivity index (χ3v) is 4.33. The number of ether oxygens (including phenoxy) is 1. The molecule has 0 saturated heterocycles. The van der Waals surface area contributed by atoms with Crippen molar-refractivity contribution in [1.29, 1.82) is 0 Å². The summed E-state index contributed by atoms with van der Waals surface area (Å²) in [5, 5.41) is 8.00. The first-order valence-corrected chi connectivity index (χ1v) is 9.60. The van der Waals surface area contributed by atoms with Crippen LogP contribution in [-0.4, -0.2) is 21.3 Å². The molecule has 0 aliphatic carbocycles. The Labute approximate surface area is 190 Å². The molecule has 0 saturated carbocycles. The van der Waals surface area contributed by atoms with Crippen LogP contribution in [0.5, 0.6) is 11.8 Å². The molecule has 1 heterocycles. The lowest BCUT2D eigenvalue weighted by Gasteiger charge is -2.09. The number of nitrogens with one attached hydrogen (secondary N) is 2. The molecular weight excluding hydrogens is 474 g/mol. The van der Waals surface area contributed by atoms with Crippen molar-refractivity contribution in [3.8, 4) is 11.8 Å². The number of halogens is 5. The van der Waals surface area contributed by atoms with Crippen molar-refractivity contribution in [1.82, 2.24) is 15.4 Å². The van der Waals surface area contributed by atoms with E-state index in [1.807, 2.05) is 0 Å². The fraction of sp³-hybridized carbons (Fsp3) is 0.0526. The van der Waals surface area contributed by atoms with Crippen LogP contribution in [0.2, 0.25) is 10.0 Å². The van der Waals surface area contributed by atoms with E-state index in [0.717, 1.165) is 12.3 Å². The van der Waals surface area contributed by atoms with E-state index in [4.69, 9.17) is 40.2 Å². The van der Waals surface area contributed by atoms with Gasteiger partial charge in [0, 0.05) is 11.2 Å². The van der Waals surface area contributed by atoms with Gasteiger partial charge in [-0.2, -0.15) is 23.3 Å². The number of hydrazone groups is 1. The van der Waals surface area contributed by atoms with E-state index in [0.29, 0.717) is 21.3 Å². The van der Waals surface area contributed by atoms with Gasteiger partial charge in [0.25, 0.3) is 0 Å². The fourth-order valence-electron chi connectivity index (χ4n) is 2.18. The second-order valence-electron chi connectivity index (χ2n) is 5.84. The monoisotopic (exact) mass is 485 g/mol. The lowest BCUT2D eigenvalue weighted by Crippen LogP contribution is -2.24. The molecule has 31 heavy (non-hydrogen) atoms. The molecule has 0 radical (unpaired) electrons. The van der Waals surface area contributed by atoms with Gasteiger partial charge in [-0.05, 0) is 66.3 Å². The highest BCUT2D eigenvalue weighted by atomic mass is 35.5. The van der Waals surface area contributed by atoms with E-state index in [9.17, 15) is 13.2 Å². The van der Waals surface area contributed by atoms with Gasteiger partial charge in [-0.3, -0.25) is 5.43 Å². The number of nitrogens with zero attached hydrogens (tertiary/aromatic N) is 3. The van der Waals surface area contributed by atoms with Crippen molar-refractivity contribution in [3.63, 3.8) is 0 Å². The third-order valence-electron chi connectivity index (χ3n) is 3.57. The second kappa shape index (κ2) is 9.90. The normalized spacial score (nSPS) is 11.4. The molecule has 0 amide bonds. The highest BCUT2D eigenvalue weighted by Gasteiger charge is 2.33. The summed E-state index contributed by atoms with van der Waals surface area (Å²) in [6.07, 6.45) is -2.12. The summed E-state index contributed by atoms with van der Waals surface area (Å²) in [5.41, 5.74) is 2.75. The molecule has 0 unspecified atom stereocenters. The molecule has 1 aromatic heterocycles. The van der Waals surface area contributed by atoms with E-state index in [1.54, 1.807) is 30.3 Å². The molecule has 0 bridgehead atoms. The molecule has 2 N–H and O–H groups in total. The summed E-state index contributed by atoms with van der Waals surface area (Å²) in [6, 6.07) is 11.6. The Morgan fingerprint density at radius 2 is 1.84 bits per heavy atom. The Kier molecular flexibility index (Phi) is 7.26. The van der Waals surface area contributed by atoms with Crippen LogP contribution in [0.1, 0.15) is 11.3 Å². The summed E-state index contributed by atoms with van der Waals surface area (Å²) in [6.45, 7) is 0. The van der Waals surface area contributed by atoms with Gasteiger partial charge >= 0.3 is 12.2 Å². The van der Waals surface area contributed by atoms with Crippen LogP contribution >= 0.6 is 35.4 Å². The van der Waals surface area contributed by atoms with E-state index in [1.165, 1.54) is 18.3 Å². The lowest BCUT2D eigenvalue weighted by molar-refractivity contribution is -0.141. The maximum Gasteiger partial charge on any atom is 0.433 e. The largest absolute Gasteiger partial charge is 0.433 e.